The first-order valence-electron chi connectivity index (χ1n) is 5.09. The van der Waals surface area contributed by atoms with Crippen LogP contribution >= 0.6 is 22.9 Å². The van der Waals surface area contributed by atoms with Crippen LogP contribution in [0.2, 0.25) is 5.15 Å². The number of ether oxygens (including phenoxy) is 1. The fourth-order valence-electron chi connectivity index (χ4n) is 1.38. The standard InChI is InChI=1S/C11H9ClN2O3S/c1-2-17-7-4-8(18-10(7)11(15)16)6-3-9(12)14-5-13-6/h3-5H,2H2,1H3,(H,15,16). The van der Waals surface area contributed by atoms with Crippen LogP contribution in [0.1, 0.15) is 16.6 Å². The minimum absolute atomic E-state index is 0.154. The summed E-state index contributed by atoms with van der Waals surface area (Å²) in [4.78, 5) is 19.7. The van der Waals surface area contributed by atoms with Crippen molar-refractivity contribution in [3.63, 3.8) is 0 Å². The van der Waals surface area contributed by atoms with Gasteiger partial charge in [-0.1, -0.05) is 11.6 Å². The lowest BCUT2D eigenvalue weighted by Crippen LogP contribution is -1.98. The molecule has 0 aliphatic heterocycles. The number of aromatic nitrogens is 2. The lowest BCUT2D eigenvalue weighted by molar-refractivity contribution is 0.0698. The van der Waals surface area contributed by atoms with E-state index in [1.165, 1.54) is 6.33 Å². The van der Waals surface area contributed by atoms with E-state index >= 15 is 0 Å². The number of hydrogen-bond donors (Lipinski definition) is 1. The van der Waals surface area contributed by atoms with Crippen molar-refractivity contribution in [2.45, 2.75) is 6.92 Å². The van der Waals surface area contributed by atoms with Crippen molar-refractivity contribution in [1.29, 1.82) is 0 Å². The molecule has 0 radical (unpaired) electrons. The summed E-state index contributed by atoms with van der Waals surface area (Å²) >= 11 is 6.87. The first-order chi connectivity index (χ1) is 8.61. The molecule has 0 aromatic carbocycles. The van der Waals surface area contributed by atoms with Crippen LogP contribution in [0, 0.1) is 0 Å². The molecule has 0 saturated heterocycles. The molecule has 0 unspecified atom stereocenters. The summed E-state index contributed by atoms with van der Waals surface area (Å²) in [6.07, 6.45) is 1.33. The van der Waals surface area contributed by atoms with Gasteiger partial charge in [0.05, 0.1) is 17.2 Å². The Morgan fingerprint density at radius 1 is 1.50 bits per heavy atom. The Kier molecular flexibility index (Phi) is 3.78. The predicted molar refractivity (Wildman–Crippen MR) is 68.5 cm³/mol. The van der Waals surface area contributed by atoms with E-state index in [0.29, 0.717) is 28.1 Å². The number of carboxylic acids is 1. The molecular weight excluding hydrogens is 276 g/mol. The average molecular weight is 285 g/mol. The van der Waals surface area contributed by atoms with Crippen LogP contribution in [0.25, 0.3) is 10.6 Å². The van der Waals surface area contributed by atoms with Crippen molar-refractivity contribution in [2.24, 2.45) is 0 Å². The van der Waals surface area contributed by atoms with E-state index in [0.717, 1.165) is 11.3 Å². The van der Waals surface area contributed by atoms with Gasteiger partial charge in [-0.15, -0.1) is 11.3 Å². The Balaban J connectivity index is 2.46. The maximum absolute atomic E-state index is 11.1. The molecule has 18 heavy (non-hydrogen) atoms. The Hall–Kier alpha value is -1.66. The minimum atomic E-state index is -1.02. The van der Waals surface area contributed by atoms with Gasteiger partial charge in [0.1, 0.15) is 17.2 Å². The van der Waals surface area contributed by atoms with E-state index in [1.54, 1.807) is 19.1 Å². The zero-order chi connectivity index (χ0) is 13.1. The molecule has 94 valence electrons. The second-order valence-corrected chi connectivity index (χ2v) is 4.71. The monoisotopic (exact) mass is 284 g/mol. The molecule has 0 spiro atoms. The second kappa shape index (κ2) is 5.32. The van der Waals surface area contributed by atoms with E-state index in [9.17, 15) is 4.79 Å². The van der Waals surface area contributed by atoms with Crippen molar-refractivity contribution >= 4 is 28.9 Å². The molecule has 2 aromatic rings. The van der Waals surface area contributed by atoms with E-state index < -0.39 is 5.97 Å². The highest BCUT2D eigenvalue weighted by Crippen LogP contribution is 2.35. The van der Waals surface area contributed by atoms with Crippen molar-refractivity contribution in [3.8, 4) is 16.3 Å². The van der Waals surface area contributed by atoms with Crippen LogP contribution in [0.3, 0.4) is 0 Å². The normalized spacial score (nSPS) is 10.3. The van der Waals surface area contributed by atoms with Gasteiger partial charge in [0, 0.05) is 12.1 Å². The van der Waals surface area contributed by atoms with E-state index in [4.69, 9.17) is 21.4 Å². The molecule has 0 amide bonds. The van der Waals surface area contributed by atoms with Gasteiger partial charge >= 0.3 is 5.97 Å². The Morgan fingerprint density at radius 2 is 2.28 bits per heavy atom. The Morgan fingerprint density at radius 3 is 2.89 bits per heavy atom. The smallest absolute Gasteiger partial charge is 0.349 e. The van der Waals surface area contributed by atoms with Gasteiger partial charge in [0.15, 0.2) is 4.88 Å². The highest BCUT2D eigenvalue weighted by Gasteiger charge is 2.18. The van der Waals surface area contributed by atoms with Gasteiger partial charge in [0.25, 0.3) is 0 Å². The van der Waals surface area contributed by atoms with Crippen LogP contribution in [0.15, 0.2) is 18.5 Å². The molecule has 2 rings (SSSR count). The molecule has 2 heterocycles. The van der Waals surface area contributed by atoms with E-state index in [2.05, 4.69) is 9.97 Å². The molecule has 0 fully saturated rings. The topological polar surface area (TPSA) is 72.3 Å². The van der Waals surface area contributed by atoms with Crippen molar-refractivity contribution in [2.75, 3.05) is 6.61 Å². The maximum atomic E-state index is 11.1. The zero-order valence-electron chi connectivity index (χ0n) is 9.38. The number of hydrogen-bond acceptors (Lipinski definition) is 5. The molecule has 0 atom stereocenters. The molecular formula is C11H9ClN2O3S. The number of thiophene rings is 1. The van der Waals surface area contributed by atoms with Crippen LogP contribution < -0.4 is 4.74 Å². The number of aromatic carboxylic acids is 1. The average Bonchev–Trinajstić information content (AvgIpc) is 2.74. The largest absolute Gasteiger partial charge is 0.492 e. The summed E-state index contributed by atoms with van der Waals surface area (Å²) < 4.78 is 5.28. The summed E-state index contributed by atoms with van der Waals surface area (Å²) in [5, 5.41) is 9.39. The fraction of sp³-hybridized carbons (Fsp3) is 0.182. The zero-order valence-corrected chi connectivity index (χ0v) is 11.0. The van der Waals surface area contributed by atoms with E-state index in [1.807, 2.05) is 0 Å². The van der Waals surface area contributed by atoms with Crippen LogP contribution in [0.4, 0.5) is 0 Å². The van der Waals surface area contributed by atoms with Gasteiger partial charge < -0.3 is 9.84 Å². The van der Waals surface area contributed by atoms with Crippen LogP contribution in [-0.4, -0.2) is 27.7 Å². The van der Waals surface area contributed by atoms with Crippen LogP contribution in [0.5, 0.6) is 5.75 Å². The van der Waals surface area contributed by atoms with Crippen molar-refractivity contribution in [3.05, 3.63) is 28.5 Å². The number of halogens is 1. The van der Waals surface area contributed by atoms with Crippen molar-refractivity contribution < 1.29 is 14.6 Å². The lowest BCUT2D eigenvalue weighted by atomic mass is 10.3. The summed E-state index contributed by atoms with van der Waals surface area (Å²) in [5.41, 5.74) is 0.577. The highest BCUT2D eigenvalue weighted by atomic mass is 35.5. The summed E-state index contributed by atoms with van der Waals surface area (Å²) in [7, 11) is 0. The first kappa shape index (κ1) is 12.8. The predicted octanol–water partition coefficient (Wildman–Crippen LogP) is 2.96. The number of carbonyl (C=O) groups is 1. The highest BCUT2D eigenvalue weighted by molar-refractivity contribution is 7.17. The molecule has 5 nitrogen and oxygen atoms in total. The third-order valence-electron chi connectivity index (χ3n) is 2.08. The Labute approximate surface area is 112 Å². The van der Waals surface area contributed by atoms with E-state index in [-0.39, 0.29) is 4.88 Å². The summed E-state index contributed by atoms with van der Waals surface area (Å²) in [6.45, 7) is 2.20. The van der Waals surface area contributed by atoms with Crippen LogP contribution in [-0.2, 0) is 0 Å². The molecule has 0 aliphatic carbocycles. The molecule has 0 saturated carbocycles. The van der Waals surface area contributed by atoms with Gasteiger partial charge in [-0.25, -0.2) is 14.8 Å². The maximum Gasteiger partial charge on any atom is 0.349 e. The number of nitrogens with zero attached hydrogens (tertiary/aromatic N) is 2. The second-order valence-electron chi connectivity index (χ2n) is 3.27. The van der Waals surface area contributed by atoms with Gasteiger partial charge in [0.2, 0.25) is 0 Å². The fourth-order valence-corrected chi connectivity index (χ4v) is 2.44. The Bertz CT molecular complexity index is 585. The van der Waals surface area contributed by atoms with Crippen molar-refractivity contribution in [1.82, 2.24) is 9.97 Å². The molecule has 1 N–H and O–H groups in total. The first-order valence-corrected chi connectivity index (χ1v) is 6.29. The quantitative estimate of drug-likeness (QED) is 0.874. The van der Waals surface area contributed by atoms with Gasteiger partial charge in [-0.05, 0) is 6.92 Å². The summed E-state index contributed by atoms with van der Waals surface area (Å²) in [5.74, 6) is -0.672. The number of rotatable bonds is 4. The molecule has 7 heteroatoms. The molecule has 0 bridgehead atoms. The van der Waals surface area contributed by atoms with Gasteiger partial charge in [-0.3, -0.25) is 0 Å². The molecule has 2 aromatic heterocycles. The lowest BCUT2D eigenvalue weighted by Gasteiger charge is -1.99. The SMILES string of the molecule is CCOc1cc(-c2cc(Cl)ncn2)sc1C(=O)O. The minimum Gasteiger partial charge on any atom is -0.492 e. The summed E-state index contributed by atoms with van der Waals surface area (Å²) in [6, 6.07) is 3.23. The molecule has 0 aliphatic rings. The third kappa shape index (κ3) is 2.60. The number of carboxylic acid groups (broad SMARTS) is 1. The third-order valence-corrected chi connectivity index (χ3v) is 3.41. The van der Waals surface area contributed by atoms with Gasteiger partial charge in [-0.2, -0.15) is 0 Å².